The number of pyridine rings is 1. The smallest absolute Gasteiger partial charge is 0.249 e. The second-order valence-electron chi connectivity index (χ2n) is 5.07. The van der Waals surface area contributed by atoms with Gasteiger partial charge in [-0.3, -0.25) is 4.98 Å². The van der Waals surface area contributed by atoms with Gasteiger partial charge in [-0.15, -0.1) is 5.10 Å². The first-order chi connectivity index (χ1) is 11.9. The first kappa shape index (κ1) is 14.2. The van der Waals surface area contributed by atoms with Crippen molar-refractivity contribution in [2.75, 3.05) is 17.4 Å². The zero-order valence-corrected chi connectivity index (χ0v) is 12.6. The molecule has 0 fully saturated rings. The van der Waals surface area contributed by atoms with Crippen LogP contribution in [-0.4, -0.2) is 27.0 Å². The van der Waals surface area contributed by atoms with Gasteiger partial charge in [0, 0.05) is 30.7 Å². The minimum atomic E-state index is 0.241. The van der Waals surface area contributed by atoms with Gasteiger partial charge in [-0.25, -0.2) is 0 Å². The van der Waals surface area contributed by atoms with E-state index < -0.39 is 0 Å². The van der Waals surface area contributed by atoms with E-state index in [1.165, 1.54) is 0 Å². The van der Waals surface area contributed by atoms with E-state index in [2.05, 4.69) is 30.8 Å². The predicted molar refractivity (Wildman–Crippen MR) is 87.2 cm³/mol. The molecular weight excluding hydrogens is 308 g/mol. The number of benzene rings is 1. The molecule has 4 rings (SSSR count). The number of hydrogen-bond donors (Lipinski definition) is 2. The maximum Gasteiger partial charge on any atom is 0.249 e. The summed E-state index contributed by atoms with van der Waals surface area (Å²) in [6.07, 6.45) is 5.08. The molecule has 8 nitrogen and oxygen atoms in total. The molecule has 0 amide bonds. The highest BCUT2D eigenvalue weighted by Crippen LogP contribution is 2.34. The number of nitrogens with one attached hydrogen (secondary N) is 2. The summed E-state index contributed by atoms with van der Waals surface area (Å²) >= 11 is 0. The molecule has 3 heterocycles. The van der Waals surface area contributed by atoms with Crippen LogP contribution in [0.4, 0.5) is 17.5 Å². The molecule has 2 N–H and O–H groups in total. The summed E-state index contributed by atoms with van der Waals surface area (Å²) in [7, 11) is 0. The molecule has 0 radical (unpaired) electrons. The minimum absolute atomic E-state index is 0.241. The van der Waals surface area contributed by atoms with Crippen LogP contribution in [0.25, 0.3) is 0 Å². The molecule has 1 aliphatic rings. The van der Waals surface area contributed by atoms with Crippen molar-refractivity contribution < 1.29 is 9.47 Å². The van der Waals surface area contributed by atoms with Gasteiger partial charge in [-0.1, -0.05) is 0 Å². The molecule has 1 aromatic carbocycles. The van der Waals surface area contributed by atoms with Crippen molar-refractivity contribution in [3.05, 3.63) is 54.5 Å². The maximum absolute atomic E-state index is 5.35. The molecule has 0 saturated carbocycles. The average Bonchev–Trinajstić information content (AvgIpc) is 3.09. The van der Waals surface area contributed by atoms with E-state index in [1.54, 1.807) is 18.6 Å². The van der Waals surface area contributed by atoms with E-state index in [0.29, 0.717) is 24.1 Å². The Labute approximate surface area is 137 Å². The lowest BCUT2D eigenvalue weighted by Crippen LogP contribution is -2.05. The van der Waals surface area contributed by atoms with E-state index in [4.69, 9.17) is 9.47 Å². The summed E-state index contributed by atoms with van der Waals surface area (Å²) in [5.41, 5.74) is 1.90. The molecule has 0 aliphatic carbocycles. The van der Waals surface area contributed by atoms with Crippen LogP contribution in [0.2, 0.25) is 0 Å². The van der Waals surface area contributed by atoms with Crippen molar-refractivity contribution in [3.63, 3.8) is 0 Å². The molecule has 0 spiro atoms. The number of nitrogens with zero attached hydrogens (tertiary/aromatic N) is 4. The highest BCUT2D eigenvalue weighted by Gasteiger charge is 2.13. The standard InChI is InChI=1S/C16H14N6O2/c1-2-13-14(24-10-23-13)7-12(1)20-16-21-15(9-19-22-16)18-8-11-3-5-17-6-4-11/h1-7,9H,8,10H2,(H2,18,20,21,22). The first-order valence-electron chi connectivity index (χ1n) is 7.36. The lowest BCUT2D eigenvalue weighted by molar-refractivity contribution is 0.174. The van der Waals surface area contributed by atoms with Crippen molar-refractivity contribution in [2.45, 2.75) is 6.54 Å². The summed E-state index contributed by atoms with van der Waals surface area (Å²) in [5, 5.41) is 14.3. The van der Waals surface area contributed by atoms with Crippen molar-refractivity contribution >= 4 is 17.5 Å². The molecular formula is C16H14N6O2. The quantitative estimate of drug-likeness (QED) is 0.739. The van der Waals surface area contributed by atoms with Crippen molar-refractivity contribution in [1.29, 1.82) is 0 Å². The fourth-order valence-corrected chi connectivity index (χ4v) is 2.24. The van der Waals surface area contributed by atoms with Crippen molar-refractivity contribution in [3.8, 4) is 11.5 Å². The molecule has 0 unspecified atom stereocenters. The maximum atomic E-state index is 5.35. The molecule has 120 valence electrons. The van der Waals surface area contributed by atoms with Gasteiger partial charge < -0.3 is 20.1 Å². The third-order valence-electron chi connectivity index (χ3n) is 3.41. The van der Waals surface area contributed by atoms with E-state index in [9.17, 15) is 0 Å². The van der Waals surface area contributed by atoms with E-state index >= 15 is 0 Å². The Balaban J connectivity index is 1.44. The van der Waals surface area contributed by atoms with Gasteiger partial charge in [-0.2, -0.15) is 10.1 Å². The van der Waals surface area contributed by atoms with Crippen LogP contribution in [0.3, 0.4) is 0 Å². The predicted octanol–water partition coefficient (Wildman–Crippen LogP) is 2.35. The molecule has 3 aromatic rings. The largest absolute Gasteiger partial charge is 0.454 e. The van der Waals surface area contributed by atoms with Gasteiger partial charge in [0.05, 0.1) is 6.20 Å². The van der Waals surface area contributed by atoms with E-state index in [1.807, 2.05) is 30.3 Å². The van der Waals surface area contributed by atoms with Crippen LogP contribution in [0.5, 0.6) is 11.5 Å². The van der Waals surface area contributed by atoms with Crippen molar-refractivity contribution in [1.82, 2.24) is 20.2 Å². The van der Waals surface area contributed by atoms with Gasteiger partial charge in [-0.05, 0) is 29.8 Å². The number of anilines is 3. The monoisotopic (exact) mass is 322 g/mol. The number of rotatable bonds is 5. The second-order valence-corrected chi connectivity index (χ2v) is 5.07. The Hall–Kier alpha value is -3.42. The van der Waals surface area contributed by atoms with Crippen LogP contribution in [0.15, 0.2) is 48.9 Å². The molecule has 0 saturated heterocycles. The fourth-order valence-electron chi connectivity index (χ4n) is 2.24. The van der Waals surface area contributed by atoms with Crippen LogP contribution >= 0.6 is 0 Å². The SMILES string of the molecule is c1cc(CNc2cnnc(Nc3ccc4c(c3)OCO4)n2)ccn1. The first-order valence-corrected chi connectivity index (χ1v) is 7.36. The average molecular weight is 322 g/mol. The Bertz CT molecular complexity index is 843. The summed E-state index contributed by atoms with van der Waals surface area (Å²) < 4.78 is 10.6. The Morgan fingerprint density at radius 3 is 2.83 bits per heavy atom. The normalized spacial score (nSPS) is 12.0. The molecule has 2 aromatic heterocycles. The van der Waals surface area contributed by atoms with Crippen LogP contribution in [-0.2, 0) is 6.54 Å². The van der Waals surface area contributed by atoms with Gasteiger partial charge >= 0.3 is 0 Å². The van der Waals surface area contributed by atoms with Gasteiger partial charge in [0.1, 0.15) is 0 Å². The molecule has 0 atom stereocenters. The molecule has 8 heteroatoms. The van der Waals surface area contributed by atoms with Gasteiger partial charge in [0.15, 0.2) is 17.3 Å². The van der Waals surface area contributed by atoms with Crippen LogP contribution < -0.4 is 20.1 Å². The van der Waals surface area contributed by atoms with Crippen LogP contribution in [0.1, 0.15) is 5.56 Å². The highest BCUT2D eigenvalue weighted by molar-refractivity contribution is 5.60. The van der Waals surface area contributed by atoms with E-state index in [0.717, 1.165) is 17.0 Å². The topological polar surface area (TPSA) is 94.1 Å². The summed E-state index contributed by atoms with van der Waals surface area (Å²) in [6.45, 7) is 0.871. The second kappa shape index (κ2) is 6.37. The number of ether oxygens (including phenoxy) is 2. The third kappa shape index (κ3) is 3.17. The summed E-state index contributed by atoms with van der Waals surface area (Å²) in [6, 6.07) is 9.42. The highest BCUT2D eigenvalue weighted by atomic mass is 16.7. The zero-order chi connectivity index (χ0) is 16.2. The van der Waals surface area contributed by atoms with Crippen molar-refractivity contribution in [2.24, 2.45) is 0 Å². The van der Waals surface area contributed by atoms with E-state index in [-0.39, 0.29) is 6.79 Å². The molecule has 1 aliphatic heterocycles. The fraction of sp³-hybridized carbons (Fsp3) is 0.125. The zero-order valence-electron chi connectivity index (χ0n) is 12.6. The Kier molecular flexibility index (Phi) is 3.77. The molecule has 24 heavy (non-hydrogen) atoms. The number of hydrogen-bond acceptors (Lipinski definition) is 8. The Morgan fingerprint density at radius 1 is 1.04 bits per heavy atom. The number of fused-ring (bicyclic) bond motifs is 1. The summed E-state index contributed by atoms with van der Waals surface area (Å²) in [4.78, 5) is 8.38. The van der Waals surface area contributed by atoms with Gasteiger partial charge in [0.2, 0.25) is 12.7 Å². The van der Waals surface area contributed by atoms with Gasteiger partial charge in [0.25, 0.3) is 0 Å². The lowest BCUT2D eigenvalue weighted by atomic mass is 10.3. The minimum Gasteiger partial charge on any atom is -0.454 e. The number of aromatic nitrogens is 4. The third-order valence-corrected chi connectivity index (χ3v) is 3.41. The Morgan fingerprint density at radius 2 is 1.92 bits per heavy atom. The summed E-state index contributed by atoms with van der Waals surface area (Å²) in [5.74, 6) is 2.45. The lowest BCUT2D eigenvalue weighted by Gasteiger charge is -2.08. The van der Waals surface area contributed by atoms with Crippen LogP contribution in [0, 0.1) is 0 Å². The molecule has 0 bridgehead atoms.